The minimum atomic E-state index is 0.0707. The van der Waals surface area contributed by atoms with Gasteiger partial charge in [0.05, 0.1) is 26.4 Å². The monoisotopic (exact) mass is 338 g/mol. The van der Waals surface area contributed by atoms with Crippen molar-refractivity contribution in [1.29, 1.82) is 0 Å². The number of aryl methyl sites for hydroxylation is 2. The number of carbonyl (C=O) groups excluding carboxylic acids is 1. The lowest BCUT2D eigenvalue weighted by molar-refractivity contribution is -0.119. The fourth-order valence-corrected chi connectivity index (χ4v) is 2.94. The van der Waals surface area contributed by atoms with Crippen molar-refractivity contribution in [2.45, 2.75) is 26.4 Å². The molecule has 2 aromatic heterocycles. The van der Waals surface area contributed by atoms with Gasteiger partial charge in [-0.05, 0) is 31.2 Å². The van der Waals surface area contributed by atoms with E-state index in [1.807, 2.05) is 41.9 Å². The van der Waals surface area contributed by atoms with Crippen LogP contribution >= 0.6 is 0 Å². The van der Waals surface area contributed by atoms with Gasteiger partial charge in [-0.25, -0.2) is 9.67 Å². The van der Waals surface area contributed by atoms with Crippen molar-refractivity contribution in [1.82, 2.24) is 14.8 Å². The SMILES string of the molecule is COc1ccc(-c2nc(CN3C(=O)CCn4nccc43)c(C)o2)cc1. The van der Waals surface area contributed by atoms with Gasteiger partial charge in [0.25, 0.3) is 0 Å². The molecule has 3 heterocycles. The van der Waals surface area contributed by atoms with Crippen LogP contribution in [-0.2, 0) is 17.9 Å². The Morgan fingerprint density at radius 2 is 2.04 bits per heavy atom. The van der Waals surface area contributed by atoms with Gasteiger partial charge in [0, 0.05) is 18.1 Å². The smallest absolute Gasteiger partial charge is 0.230 e. The molecule has 3 aromatic rings. The van der Waals surface area contributed by atoms with Crippen LogP contribution in [0.1, 0.15) is 17.9 Å². The number of rotatable bonds is 4. The molecule has 0 saturated carbocycles. The number of anilines is 1. The molecule has 7 nitrogen and oxygen atoms in total. The van der Waals surface area contributed by atoms with E-state index in [2.05, 4.69) is 10.1 Å². The van der Waals surface area contributed by atoms with Crippen LogP contribution in [0, 0.1) is 6.92 Å². The highest BCUT2D eigenvalue weighted by atomic mass is 16.5. The molecular weight excluding hydrogens is 320 g/mol. The van der Waals surface area contributed by atoms with Crippen LogP contribution in [0.25, 0.3) is 11.5 Å². The summed E-state index contributed by atoms with van der Waals surface area (Å²) in [4.78, 5) is 18.6. The lowest BCUT2D eigenvalue weighted by atomic mass is 10.2. The first-order valence-corrected chi connectivity index (χ1v) is 8.08. The number of benzene rings is 1. The Balaban J connectivity index is 1.62. The highest BCUT2D eigenvalue weighted by Gasteiger charge is 2.26. The molecule has 1 aromatic carbocycles. The van der Waals surface area contributed by atoms with Crippen LogP contribution < -0.4 is 9.64 Å². The minimum Gasteiger partial charge on any atom is -0.497 e. The highest BCUT2D eigenvalue weighted by Crippen LogP contribution is 2.27. The summed E-state index contributed by atoms with van der Waals surface area (Å²) in [5.74, 6) is 2.88. The molecule has 0 saturated heterocycles. The van der Waals surface area contributed by atoms with E-state index in [1.54, 1.807) is 18.2 Å². The third-order valence-corrected chi connectivity index (χ3v) is 4.35. The van der Waals surface area contributed by atoms with Gasteiger partial charge in [0.1, 0.15) is 23.0 Å². The molecule has 0 spiro atoms. The molecule has 0 unspecified atom stereocenters. The Morgan fingerprint density at radius 1 is 1.24 bits per heavy atom. The molecule has 25 heavy (non-hydrogen) atoms. The summed E-state index contributed by atoms with van der Waals surface area (Å²) in [6.45, 7) is 2.85. The second kappa shape index (κ2) is 6.08. The van der Waals surface area contributed by atoms with E-state index in [0.717, 1.165) is 22.8 Å². The van der Waals surface area contributed by atoms with Crippen molar-refractivity contribution >= 4 is 11.7 Å². The normalized spacial score (nSPS) is 13.8. The first-order chi connectivity index (χ1) is 12.2. The summed E-state index contributed by atoms with van der Waals surface area (Å²) < 4.78 is 12.8. The third kappa shape index (κ3) is 2.77. The topological polar surface area (TPSA) is 73.4 Å². The molecule has 128 valence electrons. The highest BCUT2D eigenvalue weighted by molar-refractivity contribution is 5.93. The number of oxazole rings is 1. The predicted molar refractivity (Wildman–Crippen MR) is 91.3 cm³/mol. The zero-order valence-electron chi connectivity index (χ0n) is 14.1. The van der Waals surface area contributed by atoms with E-state index in [-0.39, 0.29) is 5.91 Å². The van der Waals surface area contributed by atoms with Gasteiger partial charge < -0.3 is 9.15 Å². The maximum absolute atomic E-state index is 12.3. The number of hydrogen-bond acceptors (Lipinski definition) is 5. The van der Waals surface area contributed by atoms with Crippen LogP contribution in [0.3, 0.4) is 0 Å². The maximum Gasteiger partial charge on any atom is 0.230 e. The number of nitrogens with zero attached hydrogens (tertiary/aromatic N) is 4. The van der Waals surface area contributed by atoms with Gasteiger partial charge in [0.2, 0.25) is 11.8 Å². The van der Waals surface area contributed by atoms with Crippen molar-refractivity contribution in [3.05, 3.63) is 48.0 Å². The summed E-state index contributed by atoms with van der Waals surface area (Å²) in [6.07, 6.45) is 2.15. The van der Waals surface area contributed by atoms with Gasteiger partial charge in [0.15, 0.2) is 0 Å². The molecule has 0 bridgehead atoms. The summed E-state index contributed by atoms with van der Waals surface area (Å²) >= 11 is 0. The van der Waals surface area contributed by atoms with Crippen molar-refractivity contribution in [3.63, 3.8) is 0 Å². The number of fused-ring (bicyclic) bond motifs is 1. The van der Waals surface area contributed by atoms with Gasteiger partial charge in [-0.1, -0.05) is 0 Å². The summed E-state index contributed by atoms with van der Waals surface area (Å²) in [5.41, 5.74) is 1.61. The fourth-order valence-electron chi connectivity index (χ4n) is 2.94. The van der Waals surface area contributed by atoms with E-state index < -0.39 is 0 Å². The van der Waals surface area contributed by atoms with Crippen LogP contribution in [0.5, 0.6) is 5.75 Å². The largest absolute Gasteiger partial charge is 0.497 e. The van der Waals surface area contributed by atoms with Gasteiger partial charge in [-0.15, -0.1) is 0 Å². The predicted octanol–water partition coefficient (Wildman–Crippen LogP) is 2.79. The second-order valence-electron chi connectivity index (χ2n) is 5.89. The third-order valence-electron chi connectivity index (χ3n) is 4.35. The van der Waals surface area contributed by atoms with Gasteiger partial charge >= 0.3 is 0 Å². The standard InChI is InChI=1S/C18H18N4O3/c1-12-15(11-21-16-7-9-19-22(16)10-8-17(21)23)20-18(25-12)13-3-5-14(24-2)6-4-13/h3-7,9H,8,10-11H2,1-2H3. The number of amides is 1. The molecule has 7 heteroatoms. The zero-order chi connectivity index (χ0) is 17.4. The van der Waals surface area contributed by atoms with Crippen molar-refractivity contribution in [2.24, 2.45) is 0 Å². The minimum absolute atomic E-state index is 0.0707. The van der Waals surface area contributed by atoms with E-state index in [0.29, 0.717) is 31.2 Å². The second-order valence-corrected chi connectivity index (χ2v) is 5.89. The van der Waals surface area contributed by atoms with E-state index in [9.17, 15) is 4.79 Å². The number of aromatic nitrogens is 3. The van der Waals surface area contributed by atoms with E-state index >= 15 is 0 Å². The summed E-state index contributed by atoms with van der Waals surface area (Å²) in [5, 5.41) is 4.24. The number of hydrogen-bond donors (Lipinski definition) is 0. The van der Waals surface area contributed by atoms with Crippen LogP contribution in [0.2, 0.25) is 0 Å². The molecule has 1 amide bonds. The average molecular weight is 338 g/mol. The zero-order valence-corrected chi connectivity index (χ0v) is 14.1. The first-order valence-electron chi connectivity index (χ1n) is 8.08. The van der Waals surface area contributed by atoms with Crippen LogP contribution in [0.15, 0.2) is 40.9 Å². The molecule has 0 aliphatic carbocycles. The quantitative estimate of drug-likeness (QED) is 0.731. The van der Waals surface area contributed by atoms with Gasteiger partial charge in [-0.2, -0.15) is 5.10 Å². The number of ether oxygens (including phenoxy) is 1. The van der Waals surface area contributed by atoms with E-state index in [4.69, 9.17) is 9.15 Å². The fraction of sp³-hybridized carbons (Fsp3) is 0.278. The Hall–Kier alpha value is -3.09. The molecule has 1 aliphatic heterocycles. The van der Waals surface area contributed by atoms with Crippen molar-refractivity contribution < 1.29 is 13.9 Å². The van der Waals surface area contributed by atoms with Gasteiger partial charge in [-0.3, -0.25) is 9.69 Å². The number of carbonyl (C=O) groups is 1. The maximum atomic E-state index is 12.3. The number of methoxy groups -OCH3 is 1. The summed E-state index contributed by atoms with van der Waals surface area (Å²) in [6, 6.07) is 9.36. The molecule has 0 atom stereocenters. The van der Waals surface area contributed by atoms with Crippen molar-refractivity contribution in [3.8, 4) is 17.2 Å². The van der Waals surface area contributed by atoms with E-state index in [1.165, 1.54) is 0 Å². The summed E-state index contributed by atoms with van der Waals surface area (Å²) in [7, 11) is 1.63. The van der Waals surface area contributed by atoms with Crippen LogP contribution in [0.4, 0.5) is 5.82 Å². The Kier molecular flexibility index (Phi) is 3.76. The van der Waals surface area contributed by atoms with Crippen LogP contribution in [-0.4, -0.2) is 27.8 Å². The molecular formula is C18H18N4O3. The Labute approximate surface area is 144 Å². The Bertz CT molecular complexity index is 911. The van der Waals surface area contributed by atoms with Crippen molar-refractivity contribution in [2.75, 3.05) is 12.0 Å². The Morgan fingerprint density at radius 3 is 2.80 bits per heavy atom. The molecule has 0 fully saturated rings. The molecule has 0 N–H and O–H groups in total. The first kappa shape index (κ1) is 15.4. The average Bonchev–Trinajstić information content (AvgIpc) is 3.24. The molecule has 1 aliphatic rings. The molecule has 0 radical (unpaired) electrons. The molecule has 4 rings (SSSR count). The lowest BCUT2D eigenvalue weighted by Crippen LogP contribution is -2.37. The lowest BCUT2D eigenvalue weighted by Gasteiger charge is -2.26.